The van der Waals surface area contributed by atoms with Crippen LogP contribution >= 0.6 is 0 Å². The zero-order valence-corrected chi connectivity index (χ0v) is 12.9. The summed E-state index contributed by atoms with van der Waals surface area (Å²) >= 11 is 0. The first kappa shape index (κ1) is 16.0. The van der Waals surface area contributed by atoms with E-state index in [0.29, 0.717) is 11.6 Å². The topological polar surface area (TPSA) is 58.1 Å². The van der Waals surface area contributed by atoms with Crippen molar-refractivity contribution in [1.29, 1.82) is 0 Å². The van der Waals surface area contributed by atoms with Gasteiger partial charge in [-0.25, -0.2) is 18.7 Å². The van der Waals surface area contributed by atoms with Gasteiger partial charge < -0.3 is 10.2 Å². The van der Waals surface area contributed by atoms with Crippen LogP contribution in [0.25, 0.3) is 6.08 Å². The second-order valence-electron chi connectivity index (χ2n) is 5.45. The van der Waals surface area contributed by atoms with Crippen LogP contribution < -0.4 is 10.2 Å². The standard InChI is InChI=1S/C17H16F2N4O/c18-13-4-5-15(19)12(9-13)3-6-16(24)22-14-10-20-17(21-11-14)23-7-1-2-8-23/h3-6,9-11H,1-2,7-8H2,(H,22,24)/b6-3+. The number of carbonyl (C=O) groups is 1. The Morgan fingerprint density at radius 3 is 2.58 bits per heavy atom. The molecule has 0 spiro atoms. The molecule has 3 rings (SSSR count). The van der Waals surface area contributed by atoms with Crippen LogP contribution in [0, 0.1) is 11.6 Å². The number of carbonyl (C=O) groups excluding carboxylic acids is 1. The molecule has 7 heteroatoms. The summed E-state index contributed by atoms with van der Waals surface area (Å²) in [6.07, 6.45) is 7.65. The van der Waals surface area contributed by atoms with Crippen LogP contribution in [0.3, 0.4) is 0 Å². The molecule has 1 aromatic carbocycles. The van der Waals surface area contributed by atoms with Gasteiger partial charge in [-0.05, 0) is 37.1 Å². The molecule has 1 aromatic heterocycles. The van der Waals surface area contributed by atoms with Gasteiger partial charge >= 0.3 is 0 Å². The van der Waals surface area contributed by atoms with Gasteiger partial charge in [0.25, 0.3) is 0 Å². The molecule has 1 N–H and O–H groups in total. The molecule has 5 nitrogen and oxygen atoms in total. The van der Waals surface area contributed by atoms with Gasteiger partial charge in [0.2, 0.25) is 11.9 Å². The Balaban J connectivity index is 1.62. The first-order chi connectivity index (χ1) is 11.6. The van der Waals surface area contributed by atoms with Gasteiger partial charge in [0.05, 0.1) is 18.1 Å². The van der Waals surface area contributed by atoms with E-state index in [1.807, 2.05) is 0 Å². The van der Waals surface area contributed by atoms with Gasteiger partial charge in [0.1, 0.15) is 11.6 Å². The van der Waals surface area contributed by atoms with Crippen molar-refractivity contribution in [3.63, 3.8) is 0 Å². The van der Waals surface area contributed by atoms with E-state index in [2.05, 4.69) is 20.2 Å². The van der Waals surface area contributed by atoms with E-state index in [1.54, 1.807) is 0 Å². The van der Waals surface area contributed by atoms with Crippen LogP contribution in [0.1, 0.15) is 18.4 Å². The molecule has 0 radical (unpaired) electrons. The summed E-state index contributed by atoms with van der Waals surface area (Å²) in [4.78, 5) is 22.4. The SMILES string of the molecule is O=C(/C=C/c1cc(F)ccc1F)Nc1cnc(N2CCCC2)nc1. The normalized spacial score (nSPS) is 14.3. The lowest BCUT2D eigenvalue weighted by Crippen LogP contribution is -2.20. The maximum atomic E-state index is 13.5. The van der Waals surface area contributed by atoms with Gasteiger partial charge in [0.15, 0.2) is 0 Å². The van der Waals surface area contributed by atoms with Crippen molar-refractivity contribution in [3.8, 4) is 0 Å². The van der Waals surface area contributed by atoms with E-state index < -0.39 is 17.5 Å². The smallest absolute Gasteiger partial charge is 0.248 e. The summed E-state index contributed by atoms with van der Waals surface area (Å²) in [5.41, 5.74) is 0.443. The number of nitrogens with zero attached hydrogens (tertiary/aromatic N) is 3. The van der Waals surface area contributed by atoms with Crippen LogP contribution in [0.5, 0.6) is 0 Å². The van der Waals surface area contributed by atoms with Gasteiger partial charge in [-0.2, -0.15) is 0 Å². The van der Waals surface area contributed by atoms with Crippen molar-refractivity contribution in [3.05, 3.63) is 53.9 Å². The Labute approximate surface area is 138 Å². The summed E-state index contributed by atoms with van der Waals surface area (Å²) in [6, 6.07) is 3.05. The fourth-order valence-electron chi connectivity index (χ4n) is 2.46. The molecule has 1 aliphatic rings. The highest BCUT2D eigenvalue weighted by Crippen LogP contribution is 2.16. The van der Waals surface area contributed by atoms with Gasteiger partial charge in [-0.1, -0.05) is 0 Å². The third kappa shape index (κ3) is 3.92. The molecule has 0 unspecified atom stereocenters. The minimum absolute atomic E-state index is 0.00535. The largest absolute Gasteiger partial charge is 0.341 e. The van der Waals surface area contributed by atoms with Crippen LogP contribution in [0.4, 0.5) is 20.4 Å². The van der Waals surface area contributed by atoms with Crippen LogP contribution in [-0.4, -0.2) is 29.0 Å². The Morgan fingerprint density at radius 1 is 1.17 bits per heavy atom. The van der Waals surface area contributed by atoms with Crippen molar-refractivity contribution in [2.24, 2.45) is 0 Å². The maximum Gasteiger partial charge on any atom is 0.248 e. The summed E-state index contributed by atoms with van der Waals surface area (Å²) in [5.74, 6) is -1.000. The number of aromatic nitrogens is 2. The van der Waals surface area contributed by atoms with E-state index in [0.717, 1.165) is 50.2 Å². The second-order valence-corrected chi connectivity index (χ2v) is 5.45. The fourth-order valence-corrected chi connectivity index (χ4v) is 2.46. The Bertz CT molecular complexity index is 756. The Morgan fingerprint density at radius 2 is 1.88 bits per heavy atom. The lowest BCUT2D eigenvalue weighted by Gasteiger charge is -2.14. The maximum absolute atomic E-state index is 13.5. The number of amides is 1. The first-order valence-corrected chi connectivity index (χ1v) is 7.63. The van der Waals surface area contributed by atoms with Crippen LogP contribution in [-0.2, 0) is 4.79 Å². The summed E-state index contributed by atoms with van der Waals surface area (Å²) in [6.45, 7) is 1.88. The predicted molar refractivity (Wildman–Crippen MR) is 87.5 cm³/mol. The lowest BCUT2D eigenvalue weighted by atomic mass is 10.2. The molecule has 2 aromatic rings. The van der Waals surface area contributed by atoms with E-state index in [4.69, 9.17) is 0 Å². The summed E-state index contributed by atoms with van der Waals surface area (Å²) < 4.78 is 26.5. The molecule has 0 saturated carbocycles. The van der Waals surface area contributed by atoms with Crippen LogP contribution in [0.15, 0.2) is 36.7 Å². The molecule has 2 heterocycles. The van der Waals surface area contributed by atoms with Crippen molar-refractivity contribution in [1.82, 2.24) is 9.97 Å². The molecule has 24 heavy (non-hydrogen) atoms. The fraction of sp³-hybridized carbons (Fsp3) is 0.235. The number of rotatable bonds is 4. The molecular formula is C17H16F2N4O. The highest BCUT2D eigenvalue weighted by atomic mass is 19.1. The molecule has 1 amide bonds. The zero-order chi connectivity index (χ0) is 16.9. The van der Waals surface area contributed by atoms with Crippen molar-refractivity contribution >= 4 is 23.6 Å². The molecule has 0 aliphatic carbocycles. The van der Waals surface area contributed by atoms with Gasteiger partial charge in [0, 0.05) is 24.7 Å². The summed E-state index contributed by atoms with van der Waals surface area (Å²) in [7, 11) is 0. The number of hydrogen-bond acceptors (Lipinski definition) is 4. The molecule has 1 fully saturated rings. The third-order valence-corrected chi connectivity index (χ3v) is 3.67. The quantitative estimate of drug-likeness (QED) is 0.876. The molecule has 1 aliphatic heterocycles. The molecule has 0 bridgehead atoms. The Hall–Kier alpha value is -2.83. The third-order valence-electron chi connectivity index (χ3n) is 3.67. The zero-order valence-electron chi connectivity index (χ0n) is 12.9. The molecule has 0 atom stereocenters. The number of hydrogen-bond donors (Lipinski definition) is 1. The van der Waals surface area contributed by atoms with Gasteiger partial charge in [-0.3, -0.25) is 4.79 Å². The molecule has 124 valence electrons. The van der Waals surface area contributed by atoms with Crippen molar-refractivity contribution in [2.45, 2.75) is 12.8 Å². The summed E-state index contributed by atoms with van der Waals surface area (Å²) in [5, 5.41) is 2.58. The van der Waals surface area contributed by atoms with Crippen LogP contribution in [0.2, 0.25) is 0 Å². The Kier molecular flexibility index (Phi) is 4.79. The van der Waals surface area contributed by atoms with Gasteiger partial charge in [-0.15, -0.1) is 0 Å². The number of nitrogens with one attached hydrogen (secondary N) is 1. The predicted octanol–water partition coefficient (Wildman–Crippen LogP) is 3.01. The monoisotopic (exact) mass is 330 g/mol. The van der Waals surface area contributed by atoms with E-state index in [1.165, 1.54) is 18.5 Å². The number of benzene rings is 1. The minimum Gasteiger partial charge on any atom is -0.341 e. The number of halogens is 2. The van der Waals surface area contributed by atoms with Crippen molar-refractivity contribution < 1.29 is 13.6 Å². The van der Waals surface area contributed by atoms with E-state index in [9.17, 15) is 13.6 Å². The van der Waals surface area contributed by atoms with Crippen molar-refractivity contribution in [2.75, 3.05) is 23.3 Å². The molecule has 1 saturated heterocycles. The minimum atomic E-state index is -0.598. The first-order valence-electron chi connectivity index (χ1n) is 7.63. The van der Waals surface area contributed by atoms with E-state index >= 15 is 0 Å². The average Bonchev–Trinajstić information content (AvgIpc) is 3.11. The molecular weight excluding hydrogens is 314 g/mol. The average molecular weight is 330 g/mol. The highest BCUT2D eigenvalue weighted by Gasteiger charge is 2.14. The lowest BCUT2D eigenvalue weighted by molar-refractivity contribution is -0.111. The van der Waals surface area contributed by atoms with E-state index in [-0.39, 0.29) is 5.56 Å². The highest BCUT2D eigenvalue weighted by molar-refractivity contribution is 6.01. The second kappa shape index (κ2) is 7.16. The number of anilines is 2.